The second kappa shape index (κ2) is 3.24. The summed E-state index contributed by atoms with van der Waals surface area (Å²) in [5.41, 5.74) is 0. The van der Waals surface area contributed by atoms with Crippen molar-refractivity contribution < 1.29 is 14.7 Å². The maximum Gasteiger partial charge on any atom is 0.248 e. The minimum atomic E-state index is -0.826. The van der Waals surface area contributed by atoms with E-state index in [1.807, 2.05) is 0 Å². The molecule has 2 amide bonds. The van der Waals surface area contributed by atoms with Crippen molar-refractivity contribution >= 4 is 11.8 Å². The topological polar surface area (TPSA) is 69.6 Å². The van der Waals surface area contributed by atoms with Gasteiger partial charge in [0.2, 0.25) is 11.8 Å². The van der Waals surface area contributed by atoms with Gasteiger partial charge in [-0.2, -0.15) is 0 Å². The molecule has 0 aromatic carbocycles. The van der Waals surface area contributed by atoms with Gasteiger partial charge < -0.3 is 15.3 Å². The lowest BCUT2D eigenvalue weighted by atomic mass is 10.1. The monoisotopic (exact) mass is 198 g/mol. The van der Waals surface area contributed by atoms with E-state index in [1.165, 1.54) is 6.92 Å². The van der Waals surface area contributed by atoms with E-state index in [9.17, 15) is 14.7 Å². The predicted molar refractivity (Wildman–Crippen MR) is 48.3 cm³/mol. The number of nitrogens with one attached hydrogen (secondary N) is 1. The molecule has 2 rings (SSSR count). The molecule has 0 aliphatic carbocycles. The number of aliphatic hydroxyl groups is 1. The van der Waals surface area contributed by atoms with E-state index in [1.54, 1.807) is 4.90 Å². The molecule has 5 nitrogen and oxygen atoms in total. The fourth-order valence-corrected chi connectivity index (χ4v) is 2.12. The van der Waals surface area contributed by atoms with Crippen LogP contribution in [0.5, 0.6) is 0 Å². The molecule has 2 saturated heterocycles. The van der Waals surface area contributed by atoms with Crippen LogP contribution in [0.2, 0.25) is 0 Å². The number of nitrogens with zero attached hydrogens (tertiary/aromatic N) is 1. The second-order valence-corrected chi connectivity index (χ2v) is 3.92. The molecule has 2 heterocycles. The van der Waals surface area contributed by atoms with Crippen LogP contribution in [0.1, 0.15) is 19.8 Å². The Morgan fingerprint density at radius 3 is 2.93 bits per heavy atom. The third kappa shape index (κ3) is 1.28. The Balaban J connectivity index is 2.20. The Bertz CT molecular complexity index is 273. The zero-order valence-electron chi connectivity index (χ0n) is 8.06. The van der Waals surface area contributed by atoms with Crippen LogP contribution in [0.25, 0.3) is 0 Å². The number of rotatable bonds is 1. The number of hydrogen-bond donors (Lipinski definition) is 2. The molecular formula is C9H14N2O3. The lowest BCUT2D eigenvalue weighted by molar-refractivity contribution is -0.149. The summed E-state index contributed by atoms with van der Waals surface area (Å²) in [5, 5.41) is 11.9. The fraction of sp³-hybridized carbons (Fsp3) is 0.778. The Morgan fingerprint density at radius 1 is 1.57 bits per heavy atom. The number of aliphatic hydroxyl groups excluding tert-OH is 1. The average Bonchev–Trinajstić information content (AvgIpc) is 2.59. The molecular weight excluding hydrogens is 184 g/mol. The van der Waals surface area contributed by atoms with Crippen LogP contribution >= 0.6 is 0 Å². The van der Waals surface area contributed by atoms with E-state index in [0.29, 0.717) is 6.54 Å². The van der Waals surface area contributed by atoms with Crippen molar-refractivity contribution in [2.24, 2.45) is 0 Å². The van der Waals surface area contributed by atoms with Gasteiger partial charge in [0, 0.05) is 6.54 Å². The molecule has 78 valence electrons. The summed E-state index contributed by atoms with van der Waals surface area (Å²) in [4.78, 5) is 24.8. The number of hydrogen-bond acceptors (Lipinski definition) is 3. The van der Waals surface area contributed by atoms with Crippen LogP contribution in [0.15, 0.2) is 0 Å². The van der Waals surface area contributed by atoms with Crippen LogP contribution in [-0.2, 0) is 9.59 Å². The molecule has 0 spiro atoms. The van der Waals surface area contributed by atoms with E-state index >= 15 is 0 Å². The van der Waals surface area contributed by atoms with Gasteiger partial charge in [-0.3, -0.25) is 9.59 Å². The Hall–Kier alpha value is -1.10. The van der Waals surface area contributed by atoms with Crippen molar-refractivity contribution in [3.8, 4) is 0 Å². The molecule has 0 aromatic rings. The van der Waals surface area contributed by atoms with Crippen LogP contribution < -0.4 is 5.32 Å². The summed E-state index contributed by atoms with van der Waals surface area (Å²) in [5.74, 6) is -0.282. The average molecular weight is 198 g/mol. The van der Waals surface area contributed by atoms with Gasteiger partial charge in [0.1, 0.15) is 12.1 Å². The SMILES string of the molecule is CC(O)C1NC(=O)C2CCCN2C1=O. The summed E-state index contributed by atoms with van der Waals surface area (Å²) in [7, 11) is 0. The van der Waals surface area contributed by atoms with Crippen molar-refractivity contribution in [2.75, 3.05) is 6.54 Å². The molecule has 5 heteroatoms. The Labute approximate surface area is 82.1 Å². The van der Waals surface area contributed by atoms with Gasteiger partial charge in [-0.25, -0.2) is 0 Å². The highest BCUT2D eigenvalue weighted by molar-refractivity contribution is 5.97. The molecule has 3 unspecified atom stereocenters. The largest absolute Gasteiger partial charge is 0.391 e. The van der Waals surface area contributed by atoms with Gasteiger partial charge in [-0.15, -0.1) is 0 Å². The fourth-order valence-electron chi connectivity index (χ4n) is 2.12. The molecule has 0 saturated carbocycles. The third-order valence-electron chi connectivity index (χ3n) is 2.88. The molecule has 14 heavy (non-hydrogen) atoms. The minimum absolute atomic E-state index is 0.131. The van der Waals surface area contributed by atoms with Gasteiger partial charge in [-0.05, 0) is 19.8 Å². The molecule has 2 N–H and O–H groups in total. The lowest BCUT2D eigenvalue weighted by Crippen LogP contribution is -2.64. The Kier molecular flexibility index (Phi) is 2.19. The number of amides is 2. The summed E-state index contributed by atoms with van der Waals surface area (Å²) in [6.45, 7) is 2.15. The number of piperazine rings is 1. The van der Waals surface area contributed by atoms with E-state index < -0.39 is 12.1 Å². The van der Waals surface area contributed by atoms with Gasteiger partial charge in [0.25, 0.3) is 0 Å². The van der Waals surface area contributed by atoms with Gasteiger partial charge >= 0.3 is 0 Å². The zero-order chi connectivity index (χ0) is 10.3. The standard InChI is InChI=1S/C9H14N2O3/c1-5(12)7-9(14)11-4-2-3-6(11)8(13)10-7/h5-7,12H,2-4H2,1H3,(H,10,13). The van der Waals surface area contributed by atoms with Gasteiger partial charge in [-0.1, -0.05) is 0 Å². The summed E-state index contributed by atoms with van der Waals surface area (Å²) < 4.78 is 0. The van der Waals surface area contributed by atoms with Gasteiger partial charge in [0.15, 0.2) is 0 Å². The quantitative estimate of drug-likeness (QED) is 0.559. The summed E-state index contributed by atoms with van der Waals surface area (Å²) >= 11 is 0. The molecule has 2 fully saturated rings. The number of carbonyl (C=O) groups is 2. The van der Waals surface area contributed by atoms with E-state index in [2.05, 4.69) is 5.32 Å². The van der Waals surface area contributed by atoms with Crippen molar-refractivity contribution in [3.63, 3.8) is 0 Å². The second-order valence-electron chi connectivity index (χ2n) is 3.92. The van der Waals surface area contributed by atoms with Crippen molar-refractivity contribution in [1.29, 1.82) is 0 Å². The van der Waals surface area contributed by atoms with Crippen molar-refractivity contribution in [2.45, 2.75) is 38.0 Å². The smallest absolute Gasteiger partial charge is 0.248 e. The molecule has 2 aliphatic heterocycles. The first-order valence-electron chi connectivity index (χ1n) is 4.90. The highest BCUT2D eigenvalue weighted by Gasteiger charge is 2.44. The lowest BCUT2D eigenvalue weighted by Gasteiger charge is -2.35. The maximum absolute atomic E-state index is 11.7. The molecule has 0 bridgehead atoms. The van der Waals surface area contributed by atoms with Gasteiger partial charge in [0.05, 0.1) is 6.10 Å². The van der Waals surface area contributed by atoms with Crippen LogP contribution in [0.4, 0.5) is 0 Å². The number of fused-ring (bicyclic) bond motifs is 1. The molecule has 2 aliphatic rings. The van der Waals surface area contributed by atoms with Crippen LogP contribution in [0.3, 0.4) is 0 Å². The maximum atomic E-state index is 11.7. The zero-order valence-corrected chi connectivity index (χ0v) is 8.06. The first kappa shape index (κ1) is 9.45. The van der Waals surface area contributed by atoms with E-state index in [0.717, 1.165) is 12.8 Å². The normalized spacial score (nSPS) is 34.0. The summed E-state index contributed by atoms with van der Waals surface area (Å²) in [6, 6.07) is -1.05. The van der Waals surface area contributed by atoms with Crippen LogP contribution in [0, 0.1) is 0 Å². The van der Waals surface area contributed by atoms with E-state index in [-0.39, 0.29) is 17.9 Å². The predicted octanol–water partition coefficient (Wildman–Crippen LogP) is -1.14. The van der Waals surface area contributed by atoms with Crippen molar-refractivity contribution in [1.82, 2.24) is 10.2 Å². The molecule has 3 atom stereocenters. The van der Waals surface area contributed by atoms with Crippen molar-refractivity contribution in [3.05, 3.63) is 0 Å². The van der Waals surface area contributed by atoms with Crippen LogP contribution in [-0.4, -0.2) is 46.6 Å². The summed E-state index contributed by atoms with van der Waals surface area (Å²) in [6.07, 6.45) is 0.786. The van der Waals surface area contributed by atoms with E-state index in [4.69, 9.17) is 0 Å². The first-order valence-corrected chi connectivity index (χ1v) is 4.90. The first-order chi connectivity index (χ1) is 6.61. The molecule has 0 radical (unpaired) electrons. The highest BCUT2D eigenvalue weighted by Crippen LogP contribution is 2.22. The third-order valence-corrected chi connectivity index (χ3v) is 2.88. The minimum Gasteiger partial charge on any atom is -0.391 e. The Morgan fingerprint density at radius 2 is 2.29 bits per heavy atom. The number of carbonyl (C=O) groups excluding carboxylic acids is 2. The molecule has 0 aromatic heterocycles. The highest BCUT2D eigenvalue weighted by atomic mass is 16.3.